The van der Waals surface area contributed by atoms with Crippen molar-refractivity contribution in [2.75, 3.05) is 13.1 Å². The van der Waals surface area contributed by atoms with Gasteiger partial charge in [0.15, 0.2) is 0 Å². The maximum atomic E-state index is 13.6. The Morgan fingerprint density at radius 3 is 3.09 bits per heavy atom. The van der Waals surface area contributed by atoms with Crippen LogP contribution in [-0.4, -0.2) is 35.2 Å². The minimum Gasteiger partial charge on any atom is -0.375 e. The average Bonchev–Trinajstić information content (AvgIpc) is 3.21. The summed E-state index contributed by atoms with van der Waals surface area (Å²) in [5.74, 6) is 0.551. The molecule has 1 N–H and O–H groups in total. The van der Waals surface area contributed by atoms with E-state index in [2.05, 4.69) is 9.88 Å². The van der Waals surface area contributed by atoms with Crippen LogP contribution >= 0.6 is 0 Å². The van der Waals surface area contributed by atoms with Crippen LogP contribution in [0.2, 0.25) is 0 Å². The molecule has 1 aromatic heterocycles. The molecule has 0 saturated carbocycles. The van der Waals surface area contributed by atoms with Gasteiger partial charge >= 0.3 is 0 Å². The zero-order valence-corrected chi connectivity index (χ0v) is 12.6. The summed E-state index contributed by atoms with van der Waals surface area (Å²) in [6.45, 7) is 3.16. The summed E-state index contributed by atoms with van der Waals surface area (Å²) in [6.07, 6.45) is 5.79. The van der Waals surface area contributed by atoms with E-state index in [1.165, 1.54) is 36.6 Å². The van der Waals surface area contributed by atoms with Gasteiger partial charge in [0.25, 0.3) is 0 Å². The molecular weight excluding hydrogens is 279 g/mol. The van der Waals surface area contributed by atoms with Gasteiger partial charge in [0.1, 0.15) is 5.82 Å². The first-order valence-corrected chi connectivity index (χ1v) is 8.43. The molecule has 2 aromatic rings. The first-order valence-electron chi connectivity index (χ1n) is 8.43. The van der Waals surface area contributed by atoms with E-state index in [1.54, 1.807) is 6.07 Å². The Kier molecular flexibility index (Phi) is 2.86. The molecule has 0 amide bonds. The first-order chi connectivity index (χ1) is 10.8. The maximum absolute atomic E-state index is 13.6. The molecule has 22 heavy (non-hydrogen) atoms. The van der Waals surface area contributed by atoms with Crippen LogP contribution in [-0.2, 0) is 17.7 Å². The van der Waals surface area contributed by atoms with Gasteiger partial charge in [-0.25, -0.2) is 4.39 Å². The van der Waals surface area contributed by atoms with Gasteiger partial charge in [-0.1, -0.05) is 0 Å². The van der Waals surface area contributed by atoms with Gasteiger partial charge in [-0.2, -0.15) is 0 Å². The maximum Gasteiger partial charge on any atom is 0.123 e. The van der Waals surface area contributed by atoms with Crippen molar-refractivity contribution >= 4 is 10.9 Å². The minimum atomic E-state index is -0.145. The van der Waals surface area contributed by atoms with E-state index in [0.717, 1.165) is 37.0 Å². The Morgan fingerprint density at radius 2 is 2.27 bits per heavy atom. The molecule has 5 rings (SSSR count). The van der Waals surface area contributed by atoms with Crippen molar-refractivity contribution in [3.8, 4) is 0 Å². The highest BCUT2D eigenvalue weighted by Gasteiger charge is 2.41. The summed E-state index contributed by atoms with van der Waals surface area (Å²) < 4.78 is 19.6. The second-order valence-electron chi connectivity index (χ2n) is 7.13. The predicted octanol–water partition coefficient (Wildman–Crippen LogP) is 3.23. The Labute approximate surface area is 129 Å². The van der Waals surface area contributed by atoms with Crippen molar-refractivity contribution in [2.45, 2.75) is 44.4 Å². The molecule has 3 nitrogen and oxygen atoms in total. The smallest absolute Gasteiger partial charge is 0.123 e. The second-order valence-corrected chi connectivity index (χ2v) is 7.13. The zero-order chi connectivity index (χ0) is 14.7. The number of rotatable bonds is 2. The number of benzene rings is 1. The number of ether oxygens (including phenoxy) is 1. The van der Waals surface area contributed by atoms with Gasteiger partial charge in [0.05, 0.1) is 12.2 Å². The number of halogens is 1. The van der Waals surface area contributed by atoms with Gasteiger partial charge < -0.3 is 9.72 Å². The minimum absolute atomic E-state index is 0.145. The molecule has 3 atom stereocenters. The van der Waals surface area contributed by atoms with Crippen molar-refractivity contribution in [3.63, 3.8) is 0 Å². The van der Waals surface area contributed by atoms with Gasteiger partial charge in [-0.05, 0) is 43.0 Å². The summed E-state index contributed by atoms with van der Waals surface area (Å²) in [5, 5.41) is 1.06. The van der Waals surface area contributed by atoms with E-state index in [-0.39, 0.29) is 5.82 Å². The summed E-state index contributed by atoms with van der Waals surface area (Å²) >= 11 is 0. The summed E-state index contributed by atoms with van der Waals surface area (Å²) in [5.41, 5.74) is 3.65. The van der Waals surface area contributed by atoms with Crippen molar-refractivity contribution in [3.05, 3.63) is 35.3 Å². The lowest BCUT2D eigenvalue weighted by atomic mass is 9.88. The number of H-pyrrole nitrogens is 1. The number of hydrogen-bond acceptors (Lipinski definition) is 2. The molecule has 2 fully saturated rings. The third-order valence-corrected chi connectivity index (χ3v) is 5.74. The van der Waals surface area contributed by atoms with E-state index in [9.17, 15) is 4.39 Å². The Balaban J connectivity index is 1.39. The highest BCUT2D eigenvalue weighted by Crippen LogP contribution is 2.39. The van der Waals surface area contributed by atoms with Crippen LogP contribution < -0.4 is 0 Å². The fourth-order valence-electron chi connectivity index (χ4n) is 4.66. The molecule has 3 aliphatic heterocycles. The van der Waals surface area contributed by atoms with Gasteiger partial charge in [0.2, 0.25) is 0 Å². The Bertz CT molecular complexity index is 725. The SMILES string of the molecule is Fc1ccc2[nH]c3c(c2c1)CN(C[C@@H]1C[C@H]2CC[C@H]1O2)CC3. The standard InChI is InChI=1S/C18H21FN2O/c19-12-1-3-16-14(8-12)15-10-21(6-5-17(15)20-16)9-11-7-13-2-4-18(11)22-13/h1,3,8,11,13,18,20H,2,4-7,9-10H2/t11-,13+,18+/m0/s1. The fraction of sp³-hybridized carbons (Fsp3) is 0.556. The van der Waals surface area contributed by atoms with Crippen LogP contribution in [0.3, 0.4) is 0 Å². The van der Waals surface area contributed by atoms with E-state index >= 15 is 0 Å². The van der Waals surface area contributed by atoms with Crippen LogP contribution in [0.1, 0.15) is 30.5 Å². The van der Waals surface area contributed by atoms with E-state index in [1.807, 2.05) is 6.07 Å². The molecule has 0 radical (unpaired) electrons. The highest BCUT2D eigenvalue weighted by atomic mass is 19.1. The lowest BCUT2D eigenvalue weighted by Crippen LogP contribution is -2.37. The number of nitrogens with zero attached hydrogens (tertiary/aromatic N) is 1. The second kappa shape index (κ2) is 4.80. The molecule has 2 saturated heterocycles. The first kappa shape index (κ1) is 13.1. The molecule has 0 spiro atoms. The van der Waals surface area contributed by atoms with Crippen LogP contribution in [0, 0.1) is 11.7 Å². The molecule has 0 aliphatic carbocycles. The van der Waals surface area contributed by atoms with E-state index < -0.39 is 0 Å². The fourth-order valence-corrected chi connectivity index (χ4v) is 4.66. The molecular formula is C18H21FN2O. The summed E-state index contributed by atoms with van der Waals surface area (Å²) in [7, 11) is 0. The Morgan fingerprint density at radius 1 is 1.32 bits per heavy atom. The molecule has 116 valence electrons. The lowest BCUT2D eigenvalue weighted by molar-refractivity contribution is 0.0824. The molecule has 2 bridgehead atoms. The van der Waals surface area contributed by atoms with Crippen LogP contribution in [0.5, 0.6) is 0 Å². The largest absolute Gasteiger partial charge is 0.375 e. The number of hydrogen-bond donors (Lipinski definition) is 1. The zero-order valence-electron chi connectivity index (χ0n) is 12.6. The van der Waals surface area contributed by atoms with Crippen LogP contribution in [0.25, 0.3) is 10.9 Å². The van der Waals surface area contributed by atoms with Crippen LogP contribution in [0.4, 0.5) is 4.39 Å². The van der Waals surface area contributed by atoms with Crippen molar-refractivity contribution < 1.29 is 9.13 Å². The predicted molar refractivity (Wildman–Crippen MR) is 83.2 cm³/mol. The number of nitrogens with one attached hydrogen (secondary N) is 1. The molecule has 0 unspecified atom stereocenters. The third kappa shape index (κ3) is 2.01. The van der Waals surface area contributed by atoms with Gasteiger partial charge in [0, 0.05) is 48.6 Å². The lowest BCUT2D eigenvalue weighted by Gasteiger charge is -2.31. The highest BCUT2D eigenvalue weighted by molar-refractivity contribution is 5.84. The molecule has 4 heterocycles. The van der Waals surface area contributed by atoms with Crippen molar-refractivity contribution in [2.24, 2.45) is 5.92 Å². The van der Waals surface area contributed by atoms with Crippen molar-refractivity contribution in [1.82, 2.24) is 9.88 Å². The quantitative estimate of drug-likeness (QED) is 0.922. The van der Waals surface area contributed by atoms with Crippen molar-refractivity contribution in [1.29, 1.82) is 0 Å². The summed E-state index contributed by atoms with van der Waals surface area (Å²) in [4.78, 5) is 6.00. The molecule has 3 aliphatic rings. The molecule has 1 aromatic carbocycles. The normalized spacial score (nSPS) is 31.0. The monoisotopic (exact) mass is 300 g/mol. The van der Waals surface area contributed by atoms with Gasteiger partial charge in [-0.3, -0.25) is 4.90 Å². The van der Waals surface area contributed by atoms with E-state index in [0.29, 0.717) is 18.1 Å². The van der Waals surface area contributed by atoms with Gasteiger partial charge in [-0.15, -0.1) is 0 Å². The number of aromatic nitrogens is 1. The number of fused-ring (bicyclic) bond motifs is 5. The van der Waals surface area contributed by atoms with Crippen LogP contribution in [0.15, 0.2) is 18.2 Å². The summed E-state index contributed by atoms with van der Waals surface area (Å²) in [6, 6.07) is 5.07. The average molecular weight is 300 g/mol. The van der Waals surface area contributed by atoms with E-state index in [4.69, 9.17) is 4.74 Å². The number of aromatic amines is 1. The molecule has 4 heteroatoms. The topological polar surface area (TPSA) is 28.3 Å². The third-order valence-electron chi connectivity index (χ3n) is 5.74. The Hall–Kier alpha value is -1.39.